The van der Waals surface area contributed by atoms with Crippen molar-refractivity contribution in [2.45, 2.75) is 65.1 Å². The number of rotatable bonds is 6. The summed E-state index contributed by atoms with van der Waals surface area (Å²) in [5.41, 5.74) is 0.544. The largest absolute Gasteiger partial charge is 0.438 e. The van der Waals surface area contributed by atoms with Crippen molar-refractivity contribution in [1.82, 2.24) is 25.2 Å². The Labute approximate surface area is 188 Å². The number of nitrogens with one attached hydrogen (secondary N) is 2. The number of H-pyrrole nitrogens is 1. The number of amides is 2. The minimum atomic E-state index is -0.945. The summed E-state index contributed by atoms with van der Waals surface area (Å²) in [5.74, 6) is 0.0493. The molecular formula is C24H31N5O3. The lowest BCUT2D eigenvalue weighted by Gasteiger charge is -2.40. The highest BCUT2D eigenvalue weighted by Gasteiger charge is 2.41. The lowest BCUT2D eigenvalue weighted by atomic mass is 9.96. The van der Waals surface area contributed by atoms with Crippen molar-refractivity contribution in [2.75, 3.05) is 0 Å². The number of carbonyl (C=O) groups is 2. The van der Waals surface area contributed by atoms with Crippen molar-refractivity contribution in [2.24, 2.45) is 0 Å². The second-order valence-electron chi connectivity index (χ2n) is 9.75. The van der Waals surface area contributed by atoms with Crippen LogP contribution >= 0.6 is 0 Å². The number of nitrogens with zero attached hydrogens (tertiary/aromatic N) is 3. The molecule has 170 valence electrons. The summed E-state index contributed by atoms with van der Waals surface area (Å²) in [4.78, 5) is 40.1. The number of aromatic nitrogens is 3. The summed E-state index contributed by atoms with van der Waals surface area (Å²) in [6.07, 6.45) is 4.18. The van der Waals surface area contributed by atoms with Gasteiger partial charge in [-0.05, 0) is 26.3 Å². The molecule has 0 aliphatic carbocycles. The molecule has 2 heterocycles. The molecule has 1 atom stereocenters. The summed E-state index contributed by atoms with van der Waals surface area (Å²) >= 11 is 0. The smallest absolute Gasteiger partial charge is 0.292 e. The molecule has 8 heteroatoms. The van der Waals surface area contributed by atoms with Crippen molar-refractivity contribution in [3.8, 4) is 0 Å². The zero-order valence-corrected chi connectivity index (χ0v) is 19.5. The van der Waals surface area contributed by atoms with Crippen molar-refractivity contribution >= 4 is 11.8 Å². The van der Waals surface area contributed by atoms with E-state index in [-0.39, 0.29) is 17.1 Å². The van der Waals surface area contributed by atoms with Gasteiger partial charge in [-0.2, -0.15) is 0 Å². The van der Waals surface area contributed by atoms with E-state index in [0.717, 1.165) is 11.4 Å². The van der Waals surface area contributed by atoms with Crippen LogP contribution in [0, 0.1) is 0 Å². The molecule has 1 unspecified atom stereocenters. The first-order valence-electron chi connectivity index (χ1n) is 10.6. The fraction of sp³-hybridized carbons (Fsp3) is 0.417. The van der Waals surface area contributed by atoms with Gasteiger partial charge in [0.2, 0.25) is 11.7 Å². The summed E-state index contributed by atoms with van der Waals surface area (Å²) in [7, 11) is 0. The van der Waals surface area contributed by atoms with Crippen LogP contribution in [0.2, 0.25) is 0 Å². The standard InChI is InChI=1S/C24H31N5O3/c1-23(2,3)22-27-13-17(28-22)19(20(30)26-12-16-10-8-7-9-11-16)29(24(4,5)6)21(31)18-14-25-15-32-18/h7-11,13-15,19H,12H2,1-6H3,(H,26,30)(H,27,28). The third kappa shape index (κ3) is 5.25. The Hall–Kier alpha value is -3.42. The molecule has 0 aliphatic heterocycles. The molecule has 0 saturated heterocycles. The maximum Gasteiger partial charge on any atom is 0.292 e. The number of aromatic amines is 1. The van der Waals surface area contributed by atoms with E-state index in [2.05, 4.69) is 20.3 Å². The van der Waals surface area contributed by atoms with E-state index in [1.165, 1.54) is 17.5 Å². The number of carbonyl (C=O) groups excluding carboxylic acids is 2. The van der Waals surface area contributed by atoms with Crippen LogP contribution < -0.4 is 5.32 Å². The molecule has 1 aromatic carbocycles. The van der Waals surface area contributed by atoms with Crippen molar-refractivity contribution in [3.05, 3.63) is 72.0 Å². The maximum absolute atomic E-state index is 13.5. The third-order valence-corrected chi connectivity index (χ3v) is 5.00. The van der Waals surface area contributed by atoms with E-state index < -0.39 is 17.5 Å². The van der Waals surface area contributed by atoms with Crippen LogP contribution in [0.4, 0.5) is 0 Å². The second kappa shape index (κ2) is 8.98. The number of benzene rings is 1. The lowest BCUT2D eigenvalue weighted by molar-refractivity contribution is -0.128. The predicted molar refractivity (Wildman–Crippen MR) is 121 cm³/mol. The first-order chi connectivity index (χ1) is 15.0. The average molecular weight is 438 g/mol. The molecule has 2 N–H and O–H groups in total. The summed E-state index contributed by atoms with van der Waals surface area (Å²) in [6, 6.07) is 8.68. The molecule has 0 radical (unpaired) electrons. The van der Waals surface area contributed by atoms with Gasteiger partial charge < -0.3 is 19.6 Å². The van der Waals surface area contributed by atoms with Crippen LogP contribution in [0.25, 0.3) is 0 Å². The highest BCUT2D eigenvalue weighted by Crippen LogP contribution is 2.31. The first-order valence-corrected chi connectivity index (χ1v) is 10.6. The van der Waals surface area contributed by atoms with E-state index in [0.29, 0.717) is 12.2 Å². The molecule has 2 amide bonds. The van der Waals surface area contributed by atoms with Crippen LogP contribution in [0.5, 0.6) is 0 Å². The van der Waals surface area contributed by atoms with Gasteiger partial charge in [0.1, 0.15) is 5.82 Å². The normalized spacial score (nSPS) is 12.9. The Bertz CT molecular complexity index is 1040. The van der Waals surface area contributed by atoms with Gasteiger partial charge in [0, 0.05) is 17.5 Å². The van der Waals surface area contributed by atoms with Crippen LogP contribution in [-0.4, -0.2) is 37.2 Å². The van der Waals surface area contributed by atoms with Gasteiger partial charge in [-0.15, -0.1) is 0 Å². The van der Waals surface area contributed by atoms with E-state index in [9.17, 15) is 9.59 Å². The Morgan fingerprint density at radius 3 is 2.31 bits per heavy atom. The molecule has 8 nitrogen and oxygen atoms in total. The zero-order valence-electron chi connectivity index (χ0n) is 19.5. The molecule has 0 spiro atoms. The fourth-order valence-electron chi connectivity index (χ4n) is 3.38. The number of oxazole rings is 1. The summed E-state index contributed by atoms with van der Waals surface area (Å²) in [5, 5.41) is 2.97. The minimum absolute atomic E-state index is 0.0661. The van der Waals surface area contributed by atoms with E-state index in [4.69, 9.17) is 4.42 Å². The topological polar surface area (TPSA) is 104 Å². The highest BCUT2D eigenvalue weighted by atomic mass is 16.3. The van der Waals surface area contributed by atoms with Gasteiger partial charge in [-0.3, -0.25) is 9.59 Å². The van der Waals surface area contributed by atoms with E-state index in [1.807, 2.05) is 71.9 Å². The predicted octanol–water partition coefficient (Wildman–Crippen LogP) is 3.99. The van der Waals surface area contributed by atoms with E-state index >= 15 is 0 Å². The van der Waals surface area contributed by atoms with Crippen LogP contribution in [0.1, 0.15) is 75.2 Å². The molecular weight excluding hydrogens is 406 g/mol. The van der Waals surface area contributed by atoms with Gasteiger partial charge in [0.25, 0.3) is 5.91 Å². The molecule has 0 fully saturated rings. The molecule has 32 heavy (non-hydrogen) atoms. The van der Waals surface area contributed by atoms with Crippen LogP contribution in [0.15, 0.2) is 53.5 Å². The van der Waals surface area contributed by atoms with Gasteiger partial charge >= 0.3 is 0 Å². The lowest BCUT2D eigenvalue weighted by Crippen LogP contribution is -2.52. The van der Waals surface area contributed by atoms with E-state index in [1.54, 1.807) is 6.20 Å². The molecule has 2 aromatic heterocycles. The Balaban J connectivity index is 2.02. The summed E-state index contributed by atoms with van der Waals surface area (Å²) in [6.45, 7) is 12.0. The quantitative estimate of drug-likeness (QED) is 0.607. The maximum atomic E-state index is 13.5. The molecule has 3 aromatic rings. The first kappa shape index (κ1) is 23.2. The molecule has 0 bridgehead atoms. The van der Waals surface area contributed by atoms with Gasteiger partial charge in [0.05, 0.1) is 18.1 Å². The second-order valence-corrected chi connectivity index (χ2v) is 9.75. The van der Waals surface area contributed by atoms with Crippen LogP contribution in [-0.2, 0) is 16.8 Å². The Morgan fingerprint density at radius 2 is 1.78 bits per heavy atom. The van der Waals surface area contributed by atoms with Gasteiger partial charge in [-0.25, -0.2) is 9.97 Å². The molecule has 0 saturated carbocycles. The van der Waals surface area contributed by atoms with Crippen LogP contribution in [0.3, 0.4) is 0 Å². The highest BCUT2D eigenvalue weighted by molar-refractivity contribution is 5.96. The van der Waals surface area contributed by atoms with Gasteiger partial charge in [0.15, 0.2) is 12.4 Å². The van der Waals surface area contributed by atoms with Crippen molar-refractivity contribution in [3.63, 3.8) is 0 Å². The fourth-order valence-corrected chi connectivity index (χ4v) is 3.38. The number of imidazole rings is 1. The SMILES string of the molecule is CC(C)(C)c1ncc(C(C(=O)NCc2ccccc2)N(C(=O)c2cnco2)C(C)(C)C)[nH]1. The Kier molecular flexibility index (Phi) is 6.52. The van der Waals surface area contributed by atoms with Crippen molar-refractivity contribution < 1.29 is 14.0 Å². The summed E-state index contributed by atoms with van der Waals surface area (Å²) < 4.78 is 5.27. The zero-order chi connectivity index (χ0) is 23.5. The monoisotopic (exact) mass is 437 g/mol. The number of hydrogen-bond donors (Lipinski definition) is 2. The Morgan fingerprint density at radius 1 is 1.09 bits per heavy atom. The minimum Gasteiger partial charge on any atom is -0.438 e. The third-order valence-electron chi connectivity index (χ3n) is 5.00. The molecule has 3 rings (SSSR count). The molecule has 0 aliphatic rings. The average Bonchev–Trinajstić information content (AvgIpc) is 3.41. The van der Waals surface area contributed by atoms with Crippen molar-refractivity contribution in [1.29, 1.82) is 0 Å². The number of hydrogen-bond acceptors (Lipinski definition) is 5. The van der Waals surface area contributed by atoms with Gasteiger partial charge in [-0.1, -0.05) is 51.1 Å².